The Hall–Kier alpha value is -1.00. The van der Waals surface area contributed by atoms with Gasteiger partial charge < -0.3 is 10.1 Å². The van der Waals surface area contributed by atoms with E-state index >= 15 is 0 Å². The van der Waals surface area contributed by atoms with Gasteiger partial charge in [-0.2, -0.15) is 0 Å². The van der Waals surface area contributed by atoms with Gasteiger partial charge in [-0.25, -0.2) is 9.97 Å². The summed E-state index contributed by atoms with van der Waals surface area (Å²) in [5, 5.41) is 3.41. The van der Waals surface area contributed by atoms with E-state index in [4.69, 9.17) is 14.7 Å². The number of aromatic nitrogens is 2. The summed E-state index contributed by atoms with van der Waals surface area (Å²) in [6.07, 6.45) is 2.10. The van der Waals surface area contributed by atoms with Crippen LogP contribution in [0.25, 0.3) is 0 Å². The number of hydrogen-bond acceptors (Lipinski definition) is 4. The summed E-state index contributed by atoms with van der Waals surface area (Å²) >= 11 is 0. The molecule has 1 fully saturated rings. The monoisotopic (exact) mass is 277 g/mol. The Morgan fingerprint density at radius 3 is 2.55 bits per heavy atom. The molecule has 4 nitrogen and oxygen atoms in total. The molecule has 20 heavy (non-hydrogen) atoms. The molecule has 2 unspecified atom stereocenters. The molecule has 1 N–H and O–H groups in total. The van der Waals surface area contributed by atoms with Gasteiger partial charge in [-0.3, -0.25) is 0 Å². The molecular weight excluding hydrogens is 250 g/mol. The van der Waals surface area contributed by atoms with Crippen LogP contribution in [0.3, 0.4) is 0 Å². The first-order valence-electron chi connectivity index (χ1n) is 7.74. The van der Waals surface area contributed by atoms with Crippen molar-refractivity contribution in [3.8, 4) is 0 Å². The number of rotatable bonds is 6. The van der Waals surface area contributed by atoms with Gasteiger partial charge in [0, 0.05) is 23.9 Å². The molecule has 1 saturated heterocycles. The van der Waals surface area contributed by atoms with E-state index in [0.29, 0.717) is 11.8 Å². The van der Waals surface area contributed by atoms with E-state index in [1.807, 2.05) is 0 Å². The van der Waals surface area contributed by atoms with E-state index in [9.17, 15) is 0 Å². The minimum Gasteiger partial charge on any atom is -0.381 e. The summed E-state index contributed by atoms with van der Waals surface area (Å²) in [5.74, 6) is 1.97. The van der Waals surface area contributed by atoms with Gasteiger partial charge in [0.2, 0.25) is 0 Å². The predicted molar refractivity (Wildman–Crippen MR) is 81.1 cm³/mol. The number of aryl methyl sites for hydroxylation is 2. The quantitative estimate of drug-likeness (QED) is 0.867. The van der Waals surface area contributed by atoms with E-state index in [-0.39, 0.29) is 0 Å². The minimum atomic E-state index is 0.389. The van der Waals surface area contributed by atoms with Crippen molar-refractivity contribution in [2.24, 2.45) is 5.92 Å². The first-order chi connectivity index (χ1) is 9.61. The van der Waals surface area contributed by atoms with Crippen molar-refractivity contribution in [1.29, 1.82) is 0 Å². The summed E-state index contributed by atoms with van der Waals surface area (Å²) in [6, 6.07) is 0. The molecule has 0 radical (unpaired) electrons. The van der Waals surface area contributed by atoms with Crippen LogP contribution in [0, 0.1) is 19.8 Å². The van der Waals surface area contributed by atoms with Crippen LogP contribution in [0.4, 0.5) is 0 Å². The molecule has 2 atom stereocenters. The Morgan fingerprint density at radius 2 is 2.00 bits per heavy atom. The van der Waals surface area contributed by atoms with Crippen LogP contribution in [-0.4, -0.2) is 36.3 Å². The molecule has 0 amide bonds. The maximum Gasteiger partial charge on any atom is 0.134 e. The summed E-state index contributed by atoms with van der Waals surface area (Å²) < 4.78 is 5.44. The van der Waals surface area contributed by atoms with E-state index in [2.05, 4.69) is 33.0 Å². The standard InChI is InChI=1S/C16H27N3O/c1-5-17-9-11(2)8-15-12(3)18-16(19-13(15)4)14-6-7-20-10-14/h11,14,17H,5-10H2,1-4H3. The molecule has 1 aliphatic rings. The van der Waals surface area contributed by atoms with Crippen LogP contribution in [0.1, 0.15) is 49.0 Å². The van der Waals surface area contributed by atoms with E-state index in [1.54, 1.807) is 0 Å². The minimum absolute atomic E-state index is 0.389. The second-order valence-electron chi connectivity index (χ2n) is 5.91. The number of nitrogens with one attached hydrogen (secondary N) is 1. The van der Waals surface area contributed by atoms with Crippen LogP contribution in [0.15, 0.2) is 0 Å². The number of ether oxygens (including phenoxy) is 1. The van der Waals surface area contributed by atoms with Crippen molar-refractivity contribution in [3.05, 3.63) is 22.8 Å². The zero-order valence-corrected chi connectivity index (χ0v) is 13.2. The highest BCUT2D eigenvalue weighted by Crippen LogP contribution is 2.24. The lowest BCUT2D eigenvalue weighted by Gasteiger charge is -2.17. The lowest BCUT2D eigenvalue weighted by Crippen LogP contribution is -2.23. The summed E-state index contributed by atoms with van der Waals surface area (Å²) in [5.41, 5.74) is 3.60. The third kappa shape index (κ3) is 3.76. The lowest BCUT2D eigenvalue weighted by atomic mass is 9.98. The average Bonchev–Trinajstić information content (AvgIpc) is 2.94. The molecule has 112 valence electrons. The Balaban J connectivity index is 2.09. The van der Waals surface area contributed by atoms with Gasteiger partial charge in [-0.15, -0.1) is 0 Å². The first kappa shape index (κ1) is 15.4. The third-order valence-corrected chi connectivity index (χ3v) is 4.03. The third-order valence-electron chi connectivity index (χ3n) is 4.03. The van der Waals surface area contributed by atoms with Crippen LogP contribution in [0.5, 0.6) is 0 Å². The van der Waals surface area contributed by atoms with Gasteiger partial charge in [0.05, 0.1) is 6.61 Å². The van der Waals surface area contributed by atoms with Gasteiger partial charge in [0.15, 0.2) is 0 Å². The van der Waals surface area contributed by atoms with E-state index in [0.717, 1.165) is 56.4 Å². The molecule has 4 heteroatoms. The van der Waals surface area contributed by atoms with Crippen LogP contribution < -0.4 is 5.32 Å². The fourth-order valence-corrected chi connectivity index (χ4v) is 2.79. The van der Waals surface area contributed by atoms with Crippen molar-refractivity contribution < 1.29 is 4.74 Å². The molecule has 0 spiro atoms. The largest absolute Gasteiger partial charge is 0.381 e. The van der Waals surface area contributed by atoms with Gasteiger partial charge in [0.25, 0.3) is 0 Å². The highest BCUT2D eigenvalue weighted by molar-refractivity contribution is 5.26. The van der Waals surface area contributed by atoms with Crippen molar-refractivity contribution in [1.82, 2.24) is 15.3 Å². The normalized spacial score (nSPS) is 20.3. The number of hydrogen-bond donors (Lipinski definition) is 1. The van der Waals surface area contributed by atoms with Gasteiger partial charge in [0.1, 0.15) is 5.82 Å². The van der Waals surface area contributed by atoms with E-state index < -0.39 is 0 Å². The zero-order chi connectivity index (χ0) is 14.5. The fraction of sp³-hybridized carbons (Fsp3) is 0.750. The summed E-state index contributed by atoms with van der Waals surface area (Å²) in [6.45, 7) is 12.3. The van der Waals surface area contributed by atoms with Crippen molar-refractivity contribution >= 4 is 0 Å². The predicted octanol–water partition coefficient (Wildman–Crippen LogP) is 2.39. The summed E-state index contributed by atoms with van der Waals surface area (Å²) in [7, 11) is 0. The fourth-order valence-electron chi connectivity index (χ4n) is 2.79. The second-order valence-corrected chi connectivity index (χ2v) is 5.91. The molecule has 0 aromatic carbocycles. The smallest absolute Gasteiger partial charge is 0.134 e. The molecule has 0 saturated carbocycles. The highest BCUT2D eigenvalue weighted by Gasteiger charge is 2.22. The molecule has 2 rings (SSSR count). The Morgan fingerprint density at radius 1 is 1.30 bits per heavy atom. The van der Waals surface area contributed by atoms with Crippen molar-refractivity contribution in [3.63, 3.8) is 0 Å². The molecule has 0 bridgehead atoms. The summed E-state index contributed by atoms with van der Waals surface area (Å²) in [4.78, 5) is 9.48. The maximum absolute atomic E-state index is 5.44. The molecule has 0 aliphatic carbocycles. The van der Waals surface area contributed by atoms with Crippen molar-refractivity contribution in [2.45, 2.75) is 46.5 Å². The number of nitrogens with zero attached hydrogens (tertiary/aromatic N) is 2. The Bertz CT molecular complexity index is 418. The highest BCUT2D eigenvalue weighted by atomic mass is 16.5. The van der Waals surface area contributed by atoms with Crippen molar-refractivity contribution in [2.75, 3.05) is 26.3 Å². The molecule has 2 heterocycles. The maximum atomic E-state index is 5.44. The first-order valence-corrected chi connectivity index (χ1v) is 7.74. The molecular formula is C16H27N3O. The molecule has 1 aromatic rings. The van der Waals surface area contributed by atoms with Crippen LogP contribution in [-0.2, 0) is 11.2 Å². The molecule has 1 aliphatic heterocycles. The van der Waals surface area contributed by atoms with E-state index in [1.165, 1.54) is 5.56 Å². The van der Waals surface area contributed by atoms with Crippen LogP contribution in [0.2, 0.25) is 0 Å². The Kier molecular flexibility index (Phi) is 5.49. The van der Waals surface area contributed by atoms with Gasteiger partial charge >= 0.3 is 0 Å². The van der Waals surface area contributed by atoms with Crippen LogP contribution >= 0.6 is 0 Å². The Labute approximate surface area is 122 Å². The SMILES string of the molecule is CCNCC(C)Cc1c(C)nc(C2CCOC2)nc1C. The lowest BCUT2D eigenvalue weighted by molar-refractivity contribution is 0.193. The average molecular weight is 277 g/mol. The topological polar surface area (TPSA) is 47.0 Å². The van der Waals surface area contributed by atoms with Gasteiger partial charge in [-0.05, 0) is 51.3 Å². The molecule has 1 aromatic heterocycles. The zero-order valence-electron chi connectivity index (χ0n) is 13.2. The van der Waals surface area contributed by atoms with Gasteiger partial charge in [-0.1, -0.05) is 13.8 Å². The second kappa shape index (κ2) is 7.14.